The lowest BCUT2D eigenvalue weighted by Crippen LogP contribution is -2.23. The molecule has 0 saturated heterocycles. The second-order valence-corrected chi connectivity index (χ2v) is 8.91. The van der Waals surface area contributed by atoms with Gasteiger partial charge in [-0.15, -0.1) is 0 Å². The van der Waals surface area contributed by atoms with Gasteiger partial charge in [0.25, 0.3) is 5.91 Å². The van der Waals surface area contributed by atoms with Crippen molar-refractivity contribution < 1.29 is 9.21 Å². The van der Waals surface area contributed by atoms with E-state index < -0.39 is 0 Å². The summed E-state index contributed by atoms with van der Waals surface area (Å²) in [6.45, 7) is 5.13. The van der Waals surface area contributed by atoms with Crippen LogP contribution in [-0.4, -0.2) is 15.7 Å². The number of benzene rings is 2. The molecule has 0 atom stereocenters. The van der Waals surface area contributed by atoms with Crippen LogP contribution in [0, 0.1) is 6.92 Å². The van der Waals surface area contributed by atoms with Gasteiger partial charge in [0.15, 0.2) is 5.76 Å². The first-order valence-corrected chi connectivity index (χ1v) is 11.7. The molecule has 5 nitrogen and oxygen atoms in total. The van der Waals surface area contributed by atoms with E-state index in [0.29, 0.717) is 18.8 Å². The second kappa shape index (κ2) is 8.91. The Bertz CT molecular complexity index is 1320. The van der Waals surface area contributed by atoms with E-state index in [1.807, 2.05) is 35.9 Å². The Morgan fingerprint density at radius 3 is 2.64 bits per heavy atom. The Hall–Kier alpha value is -3.31. The maximum Gasteiger partial charge on any atom is 0.287 e. The highest BCUT2D eigenvalue weighted by molar-refractivity contribution is 6.31. The standard InChI is InChI=1S/C27H26ClN3O2/c1-3-18-8-10-19(11-9-18)14-29-27(32)26-17(2)24-23(33-26)13-12-21-16-31(30-25(21)24)15-20-6-4-5-7-22(20)28/h4-11,16H,3,12-15H2,1-2H3,(H,29,32). The zero-order chi connectivity index (χ0) is 22.9. The third-order valence-corrected chi connectivity index (χ3v) is 6.66. The summed E-state index contributed by atoms with van der Waals surface area (Å²) in [7, 11) is 0. The van der Waals surface area contributed by atoms with Gasteiger partial charge in [-0.1, -0.05) is 61.0 Å². The highest BCUT2D eigenvalue weighted by atomic mass is 35.5. The van der Waals surface area contributed by atoms with Crippen LogP contribution in [0.5, 0.6) is 0 Å². The maximum absolute atomic E-state index is 12.9. The molecule has 4 aromatic rings. The Kier molecular flexibility index (Phi) is 5.81. The van der Waals surface area contributed by atoms with Gasteiger partial charge in [-0.25, -0.2) is 0 Å². The highest BCUT2D eigenvalue weighted by Crippen LogP contribution is 2.38. The van der Waals surface area contributed by atoms with E-state index in [2.05, 4.69) is 42.7 Å². The van der Waals surface area contributed by atoms with Crippen molar-refractivity contribution in [2.45, 2.75) is 46.2 Å². The molecule has 2 aromatic heterocycles. The second-order valence-electron chi connectivity index (χ2n) is 8.50. The van der Waals surface area contributed by atoms with Gasteiger partial charge in [0.05, 0.1) is 12.2 Å². The molecule has 5 rings (SSSR count). The van der Waals surface area contributed by atoms with Crippen molar-refractivity contribution in [1.29, 1.82) is 0 Å². The third kappa shape index (κ3) is 4.21. The number of fused-ring (bicyclic) bond motifs is 3. The zero-order valence-electron chi connectivity index (χ0n) is 18.8. The van der Waals surface area contributed by atoms with E-state index in [1.54, 1.807) is 0 Å². The van der Waals surface area contributed by atoms with Crippen molar-refractivity contribution in [1.82, 2.24) is 15.1 Å². The lowest BCUT2D eigenvalue weighted by Gasteiger charge is -2.09. The summed E-state index contributed by atoms with van der Waals surface area (Å²) in [5.41, 5.74) is 7.23. The first-order chi connectivity index (χ1) is 16.0. The van der Waals surface area contributed by atoms with Gasteiger partial charge in [0.2, 0.25) is 0 Å². The Labute approximate surface area is 198 Å². The van der Waals surface area contributed by atoms with Crippen molar-refractivity contribution >= 4 is 17.5 Å². The number of nitrogens with one attached hydrogen (secondary N) is 1. The minimum absolute atomic E-state index is 0.196. The van der Waals surface area contributed by atoms with E-state index in [-0.39, 0.29) is 5.91 Å². The normalized spacial score (nSPS) is 12.3. The molecule has 2 aromatic carbocycles. The number of furan rings is 1. The fourth-order valence-electron chi connectivity index (χ4n) is 4.42. The van der Waals surface area contributed by atoms with Crippen LogP contribution in [0.4, 0.5) is 0 Å². The van der Waals surface area contributed by atoms with Crippen LogP contribution < -0.4 is 5.32 Å². The average molecular weight is 460 g/mol. The smallest absolute Gasteiger partial charge is 0.287 e. The molecule has 1 aliphatic rings. The number of hydrogen-bond acceptors (Lipinski definition) is 3. The molecule has 2 heterocycles. The SMILES string of the molecule is CCc1ccc(CNC(=O)c2oc3c(c2C)-c2nn(Cc4ccccc4Cl)cc2CC3)cc1. The van der Waals surface area contributed by atoms with Gasteiger partial charge in [-0.05, 0) is 48.1 Å². The lowest BCUT2D eigenvalue weighted by atomic mass is 9.93. The quantitative estimate of drug-likeness (QED) is 0.399. The third-order valence-electron chi connectivity index (χ3n) is 6.30. The number of hydrogen-bond donors (Lipinski definition) is 1. The first kappa shape index (κ1) is 21.5. The minimum Gasteiger partial charge on any atom is -0.455 e. The molecule has 0 aliphatic heterocycles. The van der Waals surface area contributed by atoms with Crippen LogP contribution in [0.1, 0.15) is 51.1 Å². The van der Waals surface area contributed by atoms with E-state index in [4.69, 9.17) is 21.1 Å². The van der Waals surface area contributed by atoms with Gasteiger partial charge < -0.3 is 9.73 Å². The molecule has 0 spiro atoms. The number of nitrogens with zero attached hydrogens (tertiary/aromatic N) is 2. The summed E-state index contributed by atoms with van der Waals surface area (Å²) in [6, 6.07) is 16.1. The number of carbonyl (C=O) groups excluding carboxylic acids is 1. The van der Waals surface area contributed by atoms with Gasteiger partial charge >= 0.3 is 0 Å². The van der Waals surface area contributed by atoms with E-state index in [0.717, 1.165) is 58.0 Å². The minimum atomic E-state index is -0.196. The van der Waals surface area contributed by atoms with Crippen molar-refractivity contribution in [3.8, 4) is 11.3 Å². The molecule has 1 aliphatic carbocycles. The number of aryl methyl sites for hydroxylation is 3. The summed E-state index contributed by atoms with van der Waals surface area (Å²) < 4.78 is 7.97. The average Bonchev–Trinajstić information content (AvgIpc) is 3.39. The molecule has 6 heteroatoms. The number of halogens is 1. The van der Waals surface area contributed by atoms with Crippen LogP contribution in [0.15, 0.2) is 59.1 Å². The fourth-order valence-corrected chi connectivity index (χ4v) is 4.61. The summed E-state index contributed by atoms with van der Waals surface area (Å²) in [5.74, 6) is 1.01. The van der Waals surface area contributed by atoms with Crippen LogP contribution in [0.25, 0.3) is 11.3 Å². The predicted octanol–water partition coefficient (Wildman–Crippen LogP) is 5.74. The largest absolute Gasteiger partial charge is 0.455 e. The number of carbonyl (C=O) groups is 1. The summed E-state index contributed by atoms with van der Waals surface area (Å²) in [5, 5.41) is 8.57. The summed E-state index contributed by atoms with van der Waals surface area (Å²) in [4.78, 5) is 12.9. The molecule has 1 amide bonds. The van der Waals surface area contributed by atoms with E-state index in [1.165, 1.54) is 11.1 Å². The molecule has 1 N–H and O–H groups in total. The van der Waals surface area contributed by atoms with Gasteiger partial charge in [0.1, 0.15) is 5.76 Å². The lowest BCUT2D eigenvalue weighted by molar-refractivity contribution is 0.0920. The van der Waals surface area contributed by atoms with Crippen LogP contribution in [0.2, 0.25) is 5.02 Å². The van der Waals surface area contributed by atoms with Gasteiger partial charge in [0, 0.05) is 35.3 Å². The van der Waals surface area contributed by atoms with E-state index in [9.17, 15) is 4.79 Å². The maximum atomic E-state index is 12.9. The van der Waals surface area contributed by atoms with Crippen molar-refractivity contribution in [2.75, 3.05) is 0 Å². The Morgan fingerprint density at radius 1 is 1.12 bits per heavy atom. The monoisotopic (exact) mass is 459 g/mol. The number of amides is 1. The molecular weight excluding hydrogens is 434 g/mol. The van der Waals surface area contributed by atoms with E-state index >= 15 is 0 Å². The molecule has 0 fully saturated rings. The molecule has 0 saturated carbocycles. The molecular formula is C27H26ClN3O2. The predicted molar refractivity (Wildman–Crippen MR) is 130 cm³/mol. The molecule has 0 radical (unpaired) electrons. The number of aromatic nitrogens is 2. The Balaban J connectivity index is 1.36. The van der Waals surface area contributed by atoms with Crippen LogP contribution >= 0.6 is 11.6 Å². The van der Waals surface area contributed by atoms with Gasteiger partial charge in [-0.3, -0.25) is 9.48 Å². The highest BCUT2D eigenvalue weighted by Gasteiger charge is 2.29. The zero-order valence-corrected chi connectivity index (χ0v) is 19.6. The number of rotatable bonds is 6. The molecule has 0 bridgehead atoms. The van der Waals surface area contributed by atoms with Crippen molar-refractivity contribution in [2.24, 2.45) is 0 Å². The fraction of sp³-hybridized carbons (Fsp3) is 0.259. The first-order valence-electron chi connectivity index (χ1n) is 11.3. The topological polar surface area (TPSA) is 60.1 Å². The molecule has 168 valence electrons. The van der Waals surface area contributed by atoms with Crippen LogP contribution in [-0.2, 0) is 32.4 Å². The summed E-state index contributed by atoms with van der Waals surface area (Å²) >= 11 is 6.33. The van der Waals surface area contributed by atoms with Gasteiger partial charge in [-0.2, -0.15) is 5.10 Å². The molecule has 33 heavy (non-hydrogen) atoms. The summed E-state index contributed by atoms with van der Waals surface area (Å²) in [6.07, 6.45) is 4.67. The van der Waals surface area contributed by atoms with Crippen molar-refractivity contribution in [3.05, 3.63) is 99.1 Å². The Morgan fingerprint density at radius 2 is 1.88 bits per heavy atom. The van der Waals surface area contributed by atoms with Crippen molar-refractivity contribution in [3.63, 3.8) is 0 Å². The molecule has 0 unspecified atom stereocenters. The van der Waals surface area contributed by atoms with Crippen LogP contribution in [0.3, 0.4) is 0 Å².